The largest absolute Gasteiger partial charge is 0.449 e. The number of unbranched alkanes of at least 4 members (excludes halogenated alkanes) is 1. The molecule has 0 spiro atoms. The second-order valence-corrected chi connectivity index (χ2v) is 19.9. The van der Waals surface area contributed by atoms with E-state index in [-0.39, 0.29) is 71.6 Å². The van der Waals surface area contributed by atoms with Crippen LogP contribution in [0.1, 0.15) is 98.8 Å². The van der Waals surface area contributed by atoms with Crippen LogP contribution in [-0.2, 0) is 34.5 Å². The number of alkyl halides is 2. The van der Waals surface area contributed by atoms with Crippen LogP contribution in [0.15, 0.2) is 121 Å². The summed E-state index contributed by atoms with van der Waals surface area (Å²) in [5, 5.41) is 27.8. The van der Waals surface area contributed by atoms with Crippen molar-refractivity contribution < 1.29 is 52.4 Å². The zero-order valence-electron chi connectivity index (χ0n) is 38.1. The molecule has 9 atom stereocenters. The number of nitrogens with one attached hydrogen (secondary N) is 2. The standard InChI is InChI=1S/C55H56F2N2O9/c1-52-24-23-37(61)27-34(52)21-22-42-44-28-47-54(46(63)30-60,53(44,2)29-45(62)49(42)52)68-50(67-47)32-17-19-33(20-18-32)55(56,57)35-10-9-11-36(26-35)59-48(64)16-7-8-25-58-51(65)66-31-43-40-14-5-3-12-38(40)39-13-4-6-15-41(39)43/h3-6,9-15,17-20,23-24,26-27,42-45,47,49-50,60,62H,7-8,16,21-22,25,28-31H2,1-2H3,(H,58,65)(H,59,64)/t42-,44-,45-,47+,49+,50+,52-,53-,54+/m0/s1. The zero-order chi connectivity index (χ0) is 47.6. The Balaban J connectivity index is 0.731. The number of hydrogen-bond donors (Lipinski definition) is 4. The van der Waals surface area contributed by atoms with Crippen LogP contribution in [0.2, 0.25) is 0 Å². The van der Waals surface area contributed by atoms with Gasteiger partial charge in [0.05, 0.1) is 12.2 Å². The maximum Gasteiger partial charge on any atom is 0.407 e. The van der Waals surface area contributed by atoms with Gasteiger partial charge in [0.1, 0.15) is 13.2 Å². The molecule has 0 bridgehead atoms. The average Bonchev–Trinajstić information content (AvgIpc) is 3.96. The molecule has 0 unspecified atom stereocenters. The molecule has 1 aliphatic heterocycles. The summed E-state index contributed by atoms with van der Waals surface area (Å²) < 4.78 is 51.1. The molecule has 5 aliphatic carbocycles. The monoisotopic (exact) mass is 926 g/mol. The molecule has 10 rings (SSSR count). The first-order chi connectivity index (χ1) is 32.7. The highest BCUT2D eigenvalue weighted by Gasteiger charge is 2.76. The molecule has 3 saturated carbocycles. The molecule has 11 nitrogen and oxygen atoms in total. The second kappa shape index (κ2) is 17.6. The van der Waals surface area contributed by atoms with Gasteiger partial charge in [-0.25, -0.2) is 4.79 Å². The number of Topliss-reactive ketones (excluding diaryl/α,β-unsaturated/α-hetero) is 1. The van der Waals surface area contributed by atoms with Crippen molar-refractivity contribution in [2.24, 2.45) is 28.6 Å². The van der Waals surface area contributed by atoms with E-state index in [1.54, 1.807) is 18.2 Å². The topological polar surface area (TPSA) is 160 Å². The summed E-state index contributed by atoms with van der Waals surface area (Å²) in [7, 11) is 0. The lowest BCUT2D eigenvalue weighted by atomic mass is 9.46. The van der Waals surface area contributed by atoms with Crippen molar-refractivity contribution in [3.8, 4) is 11.1 Å². The van der Waals surface area contributed by atoms with Crippen LogP contribution in [0.4, 0.5) is 19.3 Å². The number of aliphatic hydroxyl groups excluding tert-OH is 2. The van der Waals surface area contributed by atoms with Gasteiger partial charge in [-0.15, -0.1) is 0 Å². The van der Waals surface area contributed by atoms with E-state index in [4.69, 9.17) is 14.2 Å². The van der Waals surface area contributed by atoms with Crippen molar-refractivity contribution in [3.05, 3.63) is 149 Å². The fraction of sp³-hybridized carbons (Fsp3) is 0.418. The number of carbonyl (C=O) groups is 4. The fourth-order valence-electron chi connectivity index (χ4n) is 13.1. The number of rotatable bonds is 13. The Kier molecular flexibility index (Phi) is 11.9. The van der Waals surface area contributed by atoms with Gasteiger partial charge in [-0.1, -0.05) is 110 Å². The quantitative estimate of drug-likeness (QED) is 0.0960. The van der Waals surface area contributed by atoms with E-state index >= 15 is 8.78 Å². The lowest BCUT2D eigenvalue weighted by molar-refractivity contribution is -0.201. The van der Waals surface area contributed by atoms with Gasteiger partial charge in [-0.2, -0.15) is 8.78 Å². The zero-order valence-corrected chi connectivity index (χ0v) is 38.1. The second-order valence-electron chi connectivity index (χ2n) is 19.9. The lowest BCUT2D eigenvalue weighted by Crippen LogP contribution is -2.63. The molecular weight excluding hydrogens is 871 g/mol. The van der Waals surface area contributed by atoms with Crippen LogP contribution in [0.5, 0.6) is 0 Å². The molecule has 1 saturated heterocycles. The van der Waals surface area contributed by atoms with Crippen LogP contribution < -0.4 is 10.6 Å². The maximum atomic E-state index is 16.2. The Morgan fingerprint density at radius 3 is 2.35 bits per heavy atom. The van der Waals surface area contributed by atoms with Gasteiger partial charge >= 0.3 is 6.09 Å². The molecule has 4 fully saturated rings. The number of halogens is 2. The smallest absolute Gasteiger partial charge is 0.407 e. The Morgan fingerprint density at radius 1 is 0.912 bits per heavy atom. The van der Waals surface area contributed by atoms with E-state index < -0.39 is 59.3 Å². The van der Waals surface area contributed by atoms with Gasteiger partial charge in [0.15, 0.2) is 23.5 Å². The van der Waals surface area contributed by atoms with Crippen molar-refractivity contribution in [1.82, 2.24) is 5.32 Å². The van der Waals surface area contributed by atoms with Crippen LogP contribution >= 0.6 is 0 Å². The van der Waals surface area contributed by atoms with Crippen molar-refractivity contribution in [1.29, 1.82) is 0 Å². The number of hydrogen-bond acceptors (Lipinski definition) is 9. The van der Waals surface area contributed by atoms with E-state index in [0.717, 1.165) is 34.2 Å². The van der Waals surface area contributed by atoms with Gasteiger partial charge < -0.3 is 35.1 Å². The van der Waals surface area contributed by atoms with E-state index in [0.29, 0.717) is 37.8 Å². The Hall–Kier alpha value is -5.86. The molecule has 0 radical (unpaired) electrons. The summed E-state index contributed by atoms with van der Waals surface area (Å²) in [6.45, 7) is 3.73. The molecule has 4 N–H and O–H groups in total. The SMILES string of the molecule is C[C@]12C=CC(=O)C=C1CC[C@@H]1[C@@H]2[C@@H](O)C[C@@]2(C)[C@H]1C[C@H]1O[C@@H](c3ccc(C(F)(F)c4cccc(NC(=O)CCCCNC(=O)OCC5c6ccccc6-c6ccccc65)c4)cc3)O[C@]12C(=O)CO. The normalized spacial score (nSPS) is 30.0. The van der Waals surface area contributed by atoms with Gasteiger partial charge in [0.25, 0.3) is 5.92 Å². The fourth-order valence-corrected chi connectivity index (χ4v) is 13.1. The Morgan fingerprint density at radius 2 is 1.63 bits per heavy atom. The summed E-state index contributed by atoms with van der Waals surface area (Å²) >= 11 is 0. The van der Waals surface area contributed by atoms with Gasteiger partial charge in [0.2, 0.25) is 5.91 Å². The third-order valence-electron chi connectivity index (χ3n) is 16.3. The number of ether oxygens (including phenoxy) is 3. The number of allylic oxidation sites excluding steroid dienone is 4. The summed E-state index contributed by atoms with van der Waals surface area (Å²) in [4.78, 5) is 51.7. The minimum atomic E-state index is -3.45. The Bertz CT molecular complexity index is 2670. The maximum absolute atomic E-state index is 16.2. The highest BCUT2D eigenvalue weighted by molar-refractivity contribution is 6.01. The third-order valence-corrected chi connectivity index (χ3v) is 16.3. The lowest BCUT2D eigenvalue weighted by Gasteiger charge is -2.59. The van der Waals surface area contributed by atoms with Crippen LogP contribution in [0, 0.1) is 28.6 Å². The van der Waals surface area contributed by atoms with Crippen molar-refractivity contribution in [3.63, 3.8) is 0 Å². The average molecular weight is 927 g/mol. The molecule has 68 heavy (non-hydrogen) atoms. The van der Waals surface area contributed by atoms with E-state index in [2.05, 4.69) is 41.8 Å². The van der Waals surface area contributed by atoms with Crippen LogP contribution in [-0.4, -0.2) is 71.3 Å². The number of carbonyl (C=O) groups excluding carboxylic acids is 4. The molecule has 4 aromatic carbocycles. The number of aliphatic hydroxyl groups is 2. The number of fused-ring (bicyclic) bond motifs is 10. The molecule has 4 aromatic rings. The molecule has 0 aromatic heterocycles. The van der Waals surface area contributed by atoms with Crippen molar-refractivity contribution >= 4 is 29.3 Å². The van der Waals surface area contributed by atoms with Crippen molar-refractivity contribution in [2.45, 2.75) is 94.7 Å². The predicted molar refractivity (Wildman–Crippen MR) is 248 cm³/mol. The minimum Gasteiger partial charge on any atom is -0.449 e. The summed E-state index contributed by atoms with van der Waals surface area (Å²) in [6, 6.07) is 27.3. The summed E-state index contributed by atoms with van der Waals surface area (Å²) in [6.07, 6.45) is 5.15. The Labute approximate surface area is 394 Å². The van der Waals surface area contributed by atoms with Gasteiger partial charge in [-0.05, 0) is 96.9 Å². The number of ketones is 2. The number of benzene rings is 4. The van der Waals surface area contributed by atoms with Gasteiger partial charge in [0, 0.05) is 58.0 Å². The first-order valence-corrected chi connectivity index (χ1v) is 23.7. The number of alkyl carbamates (subject to hydrolysis) is 1. The molecule has 13 heteroatoms. The summed E-state index contributed by atoms with van der Waals surface area (Å²) in [5.74, 6) is -4.72. The van der Waals surface area contributed by atoms with Crippen LogP contribution in [0.3, 0.4) is 0 Å². The predicted octanol–water partition coefficient (Wildman–Crippen LogP) is 9.08. The van der Waals surface area contributed by atoms with E-state index in [1.165, 1.54) is 42.5 Å². The van der Waals surface area contributed by atoms with E-state index in [1.807, 2.05) is 37.3 Å². The van der Waals surface area contributed by atoms with Crippen molar-refractivity contribution in [2.75, 3.05) is 25.1 Å². The first-order valence-electron chi connectivity index (χ1n) is 23.7. The highest BCUT2D eigenvalue weighted by Crippen LogP contribution is 2.70. The third kappa shape index (κ3) is 7.53. The highest BCUT2D eigenvalue weighted by atomic mass is 19.3. The molecule has 2 amide bonds. The number of anilines is 1. The number of amides is 2. The summed E-state index contributed by atoms with van der Waals surface area (Å²) in [5.41, 5.74) is 2.56. The van der Waals surface area contributed by atoms with Gasteiger partial charge in [-0.3, -0.25) is 14.4 Å². The molecule has 1 heterocycles. The minimum absolute atomic E-state index is 0.00456. The van der Waals surface area contributed by atoms with E-state index in [9.17, 15) is 29.4 Å². The van der Waals surface area contributed by atoms with Crippen LogP contribution in [0.25, 0.3) is 11.1 Å². The molecule has 354 valence electrons. The first kappa shape index (κ1) is 45.9. The molecule has 6 aliphatic rings. The molecular formula is C55H56F2N2O9.